The number of ether oxygens (including phenoxy) is 2. The number of hydrogen-bond donors (Lipinski definition) is 2. The number of nitrogens with one attached hydrogen (secondary N) is 1. The quantitative estimate of drug-likeness (QED) is 0.701. The van der Waals surface area contributed by atoms with Gasteiger partial charge >= 0.3 is 5.69 Å². The van der Waals surface area contributed by atoms with Crippen LogP contribution in [0.25, 0.3) is 0 Å². The lowest BCUT2D eigenvalue weighted by Gasteiger charge is -2.16. The molecule has 0 spiro atoms. The molecule has 1 aromatic rings. The zero-order valence-corrected chi connectivity index (χ0v) is 10.7. The van der Waals surface area contributed by atoms with Crippen LogP contribution in [-0.4, -0.2) is 41.3 Å². The molecule has 7 nitrogen and oxygen atoms in total. The molecule has 0 aliphatic heterocycles. The Kier molecular flexibility index (Phi) is 4.52. The Labute approximate surface area is 109 Å². The molecular weight excluding hydrogens is 252 g/mol. The standard InChI is InChI=1S/C12H18N2O5/c1-18-7-19-10-5-9(4-8(10)6-15)14-3-2-11(16)13-12(14)17/h2-3,8-10,15H,4-7H2,1H3,(H,13,16,17). The van der Waals surface area contributed by atoms with Crippen molar-refractivity contribution in [2.45, 2.75) is 25.0 Å². The van der Waals surface area contributed by atoms with Gasteiger partial charge in [-0.3, -0.25) is 14.3 Å². The molecule has 1 aromatic heterocycles. The Morgan fingerprint density at radius 1 is 1.47 bits per heavy atom. The zero-order valence-electron chi connectivity index (χ0n) is 10.7. The van der Waals surface area contributed by atoms with Crippen molar-refractivity contribution in [1.82, 2.24) is 9.55 Å². The molecule has 19 heavy (non-hydrogen) atoms. The van der Waals surface area contributed by atoms with Gasteiger partial charge in [0.2, 0.25) is 0 Å². The SMILES string of the molecule is COCOC1CC(n2ccc(=O)[nH]c2=O)CC1CO. The van der Waals surface area contributed by atoms with Gasteiger partial charge in [0.15, 0.2) is 0 Å². The zero-order chi connectivity index (χ0) is 13.8. The molecule has 1 aliphatic rings. The highest BCUT2D eigenvalue weighted by molar-refractivity contribution is 4.92. The summed E-state index contributed by atoms with van der Waals surface area (Å²) in [5.74, 6) is -0.0287. The molecule has 0 amide bonds. The average Bonchev–Trinajstić information content (AvgIpc) is 2.79. The van der Waals surface area contributed by atoms with Crippen LogP contribution in [0, 0.1) is 5.92 Å². The molecule has 0 radical (unpaired) electrons. The number of rotatable bonds is 5. The first-order valence-electron chi connectivity index (χ1n) is 6.18. The van der Waals surface area contributed by atoms with Crippen LogP contribution in [-0.2, 0) is 9.47 Å². The third kappa shape index (κ3) is 3.12. The van der Waals surface area contributed by atoms with Crippen LogP contribution >= 0.6 is 0 Å². The van der Waals surface area contributed by atoms with E-state index in [1.54, 1.807) is 0 Å². The Morgan fingerprint density at radius 3 is 2.89 bits per heavy atom. The largest absolute Gasteiger partial charge is 0.396 e. The highest BCUT2D eigenvalue weighted by Crippen LogP contribution is 2.35. The molecule has 0 aromatic carbocycles. The number of aromatic amines is 1. The lowest BCUT2D eigenvalue weighted by molar-refractivity contribution is -0.0892. The smallest absolute Gasteiger partial charge is 0.328 e. The number of aliphatic hydroxyl groups excluding tert-OH is 1. The molecule has 0 bridgehead atoms. The highest BCUT2D eigenvalue weighted by atomic mass is 16.7. The van der Waals surface area contributed by atoms with E-state index in [1.807, 2.05) is 0 Å². The van der Waals surface area contributed by atoms with Gasteiger partial charge in [-0.15, -0.1) is 0 Å². The van der Waals surface area contributed by atoms with E-state index in [9.17, 15) is 14.7 Å². The Balaban J connectivity index is 2.14. The fraction of sp³-hybridized carbons (Fsp3) is 0.667. The monoisotopic (exact) mass is 270 g/mol. The minimum atomic E-state index is -0.429. The van der Waals surface area contributed by atoms with Gasteiger partial charge in [-0.25, -0.2) is 4.79 Å². The molecule has 106 valence electrons. The maximum atomic E-state index is 11.7. The van der Waals surface area contributed by atoms with E-state index in [0.29, 0.717) is 12.8 Å². The summed E-state index contributed by atoms with van der Waals surface area (Å²) in [6.07, 6.45) is 2.59. The van der Waals surface area contributed by atoms with Gasteiger partial charge in [0.05, 0.1) is 6.10 Å². The minimum absolute atomic E-state index is 0.00296. The fourth-order valence-corrected chi connectivity index (χ4v) is 2.55. The number of methoxy groups -OCH3 is 1. The summed E-state index contributed by atoms with van der Waals surface area (Å²) in [7, 11) is 1.53. The lowest BCUT2D eigenvalue weighted by Crippen LogP contribution is -2.31. The van der Waals surface area contributed by atoms with Crippen molar-refractivity contribution in [3.8, 4) is 0 Å². The van der Waals surface area contributed by atoms with Crippen molar-refractivity contribution >= 4 is 0 Å². The molecule has 1 aliphatic carbocycles. The van der Waals surface area contributed by atoms with Gasteiger partial charge in [-0.2, -0.15) is 0 Å². The fourth-order valence-electron chi connectivity index (χ4n) is 2.55. The van der Waals surface area contributed by atoms with Gasteiger partial charge in [0.25, 0.3) is 5.56 Å². The molecule has 2 rings (SSSR count). The first kappa shape index (κ1) is 14.0. The van der Waals surface area contributed by atoms with Crippen LogP contribution < -0.4 is 11.2 Å². The minimum Gasteiger partial charge on any atom is -0.396 e. The highest BCUT2D eigenvalue weighted by Gasteiger charge is 2.35. The predicted molar refractivity (Wildman–Crippen MR) is 66.9 cm³/mol. The first-order chi connectivity index (χ1) is 9.15. The summed E-state index contributed by atoms with van der Waals surface area (Å²) in [5.41, 5.74) is -0.841. The topological polar surface area (TPSA) is 93.5 Å². The number of hydrogen-bond acceptors (Lipinski definition) is 5. The second-order valence-electron chi connectivity index (χ2n) is 4.70. The van der Waals surface area contributed by atoms with Crippen LogP contribution in [0.2, 0.25) is 0 Å². The van der Waals surface area contributed by atoms with Crippen LogP contribution in [0.15, 0.2) is 21.9 Å². The van der Waals surface area contributed by atoms with E-state index in [2.05, 4.69) is 4.98 Å². The summed E-state index contributed by atoms with van der Waals surface area (Å²) < 4.78 is 11.8. The maximum Gasteiger partial charge on any atom is 0.328 e. The molecular formula is C12H18N2O5. The van der Waals surface area contributed by atoms with E-state index < -0.39 is 11.2 Å². The number of aromatic nitrogens is 2. The Hall–Kier alpha value is -1.44. The number of aliphatic hydroxyl groups is 1. The van der Waals surface area contributed by atoms with Crippen molar-refractivity contribution in [2.24, 2.45) is 5.92 Å². The normalized spacial score (nSPS) is 26.7. The summed E-state index contributed by atoms with van der Waals surface area (Å²) in [6, 6.07) is 1.24. The van der Waals surface area contributed by atoms with Crippen LogP contribution in [0.1, 0.15) is 18.9 Å². The summed E-state index contributed by atoms with van der Waals surface area (Å²) in [4.78, 5) is 25.0. The van der Waals surface area contributed by atoms with Crippen molar-refractivity contribution in [3.05, 3.63) is 33.1 Å². The summed E-state index contributed by atoms with van der Waals surface area (Å²) >= 11 is 0. The van der Waals surface area contributed by atoms with Crippen LogP contribution in [0.4, 0.5) is 0 Å². The van der Waals surface area contributed by atoms with Crippen LogP contribution in [0.3, 0.4) is 0 Å². The van der Waals surface area contributed by atoms with Crippen molar-refractivity contribution < 1.29 is 14.6 Å². The summed E-state index contributed by atoms with van der Waals surface area (Å²) in [5, 5.41) is 9.35. The maximum absolute atomic E-state index is 11.7. The van der Waals surface area contributed by atoms with E-state index in [-0.39, 0.29) is 31.5 Å². The second-order valence-corrected chi connectivity index (χ2v) is 4.70. The third-order valence-electron chi connectivity index (χ3n) is 3.48. The molecule has 1 heterocycles. The molecule has 1 fully saturated rings. The Morgan fingerprint density at radius 2 is 2.26 bits per heavy atom. The first-order valence-corrected chi connectivity index (χ1v) is 6.18. The third-order valence-corrected chi connectivity index (χ3v) is 3.48. The van der Waals surface area contributed by atoms with Gasteiger partial charge in [-0.1, -0.05) is 0 Å². The van der Waals surface area contributed by atoms with E-state index in [0.717, 1.165) is 0 Å². The molecule has 2 N–H and O–H groups in total. The second kappa shape index (κ2) is 6.14. The number of H-pyrrole nitrogens is 1. The lowest BCUT2D eigenvalue weighted by atomic mass is 10.1. The number of nitrogens with zero attached hydrogens (tertiary/aromatic N) is 1. The van der Waals surface area contributed by atoms with E-state index in [4.69, 9.17) is 9.47 Å². The van der Waals surface area contributed by atoms with Crippen molar-refractivity contribution in [2.75, 3.05) is 20.5 Å². The van der Waals surface area contributed by atoms with Crippen molar-refractivity contribution in [3.63, 3.8) is 0 Å². The van der Waals surface area contributed by atoms with E-state index >= 15 is 0 Å². The predicted octanol–water partition coefficient (Wildman–Crippen LogP) is -0.531. The molecule has 0 saturated heterocycles. The van der Waals surface area contributed by atoms with Crippen LogP contribution in [0.5, 0.6) is 0 Å². The molecule has 3 unspecified atom stereocenters. The van der Waals surface area contributed by atoms with Gasteiger partial charge < -0.3 is 14.6 Å². The van der Waals surface area contributed by atoms with Crippen molar-refractivity contribution in [1.29, 1.82) is 0 Å². The summed E-state index contributed by atoms with van der Waals surface area (Å²) in [6.45, 7) is 0.164. The Bertz CT molecular complexity index is 523. The van der Waals surface area contributed by atoms with Gasteiger partial charge in [0.1, 0.15) is 6.79 Å². The molecule has 3 atom stereocenters. The van der Waals surface area contributed by atoms with E-state index in [1.165, 1.54) is 23.9 Å². The van der Waals surface area contributed by atoms with Gasteiger partial charge in [0, 0.05) is 37.9 Å². The average molecular weight is 270 g/mol. The molecule has 7 heteroatoms. The molecule has 1 saturated carbocycles. The van der Waals surface area contributed by atoms with Gasteiger partial charge in [-0.05, 0) is 12.8 Å².